The molecule has 2 rings (SSSR count). The number of Topliss-reactive ketones (excluding diaryl/α,β-unsaturated/α-hetero) is 1. The SMILES string of the molecule is Cc1ccc(C(=O)CCNCCc2ccccc2)o1. The zero-order valence-corrected chi connectivity index (χ0v) is 11.2. The van der Waals surface area contributed by atoms with E-state index in [1.807, 2.05) is 31.2 Å². The van der Waals surface area contributed by atoms with Crippen molar-refractivity contribution in [2.75, 3.05) is 13.1 Å². The van der Waals surface area contributed by atoms with E-state index in [2.05, 4.69) is 17.4 Å². The molecule has 3 heteroatoms. The molecule has 0 radical (unpaired) electrons. The van der Waals surface area contributed by atoms with Crippen LogP contribution >= 0.6 is 0 Å². The fraction of sp³-hybridized carbons (Fsp3) is 0.312. The highest BCUT2D eigenvalue weighted by Crippen LogP contribution is 2.08. The monoisotopic (exact) mass is 257 g/mol. The van der Waals surface area contributed by atoms with Crippen LogP contribution in [0.5, 0.6) is 0 Å². The molecule has 0 saturated heterocycles. The molecule has 0 aliphatic heterocycles. The van der Waals surface area contributed by atoms with Crippen LogP contribution < -0.4 is 5.32 Å². The molecule has 0 aliphatic carbocycles. The van der Waals surface area contributed by atoms with Crippen LogP contribution in [0.1, 0.15) is 28.3 Å². The third kappa shape index (κ3) is 4.38. The van der Waals surface area contributed by atoms with E-state index in [0.29, 0.717) is 18.7 Å². The van der Waals surface area contributed by atoms with E-state index < -0.39 is 0 Å². The lowest BCUT2D eigenvalue weighted by atomic mass is 10.1. The molecule has 3 nitrogen and oxygen atoms in total. The first-order valence-corrected chi connectivity index (χ1v) is 6.60. The van der Waals surface area contributed by atoms with Crippen molar-refractivity contribution >= 4 is 5.78 Å². The highest BCUT2D eigenvalue weighted by molar-refractivity contribution is 5.93. The van der Waals surface area contributed by atoms with Crippen molar-refractivity contribution < 1.29 is 9.21 Å². The lowest BCUT2D eigenvalue weighted by Crippen LogP contribution is -2.20. The van der Waals surface area contributed by atoms with Crippen molar-refractivity contribution in [3.05, 3.63) is 59.5 Å². The van der Waals surface area contributed by atoms with E-state index in [1.165, 1.54) is 5.56 Å². The van der Waals surface area contributed by atoms with E-state index in [9.17, 15) is 4.79 Å². The largest absolute Gasteiger partial charge is 0.458 e. The van der Waals surface area contributed by atoms with Crippen LogP contribution in [0.15, 0.2) is 46.9 Å². The number of ketones is 1. The van der Waals surface area contributed by atoms with E-state index in [-0.39, 0.29) is 5.78 Å². The van der Waals surface area contributed by atoms with E-state index >= 15 is 0 Å². The minimum Gasteiger partial charge on any atom is -0.458 e. The zero-order valence-electron chi connectivity index (χ0n) is 11.2. The Morgan fingerprint density at radius 3 is 2.58 bits per heavy atom. The third-order valence-corrected chi connectivity index (χ3v) is 2.98. The maximum atomic E-state index is 11.8. The van der Waals surface area contributed by atoms with Gasteiger partial charge in [-0.1, -0.05) is 30.3 Å². The Bertz CT molecular complexity index is 517. The number of nitrogens with one attached hydrogen (secondary N) is 1. The average Bonchev–Trinajstić information content (AvgIpc) is 2.86. The highest BCUT2D eigenvalue weighted by Gasteiger charge is 2.08. The first kappa shape index (κ1) is 13.6. The van der Waals surface area contributed by atoms with Gasteiger partial charge in [0.1, 0.15) is 5.76 Å². The Morgan fingerprint density at radius 1 is 1.11 bits per heavy atom. The second-order valence-corrected chi connectivity index (χ2v) is 4.57. The second-order valence-electron chi connectivity index (χ2n) is 4.57. The number of hydrogen-bond donors (Lipinski definition) is 1. The van der Waals surface area contributed by atoms with Gasteiger partial charge in [0.15, 0.2) is 11.5 Å². The van der Waals surface area contributed by atoms with Crippen LogP contribution in [-0.2, 0) is 6.42 Å². The standard InChI is InChI=1S/C16H19NO2/c1-13-7-8-16(19-13)15(18)10-12-17-11-9-14-5-3-2-4-6-14/h2-8,17H,9-12H2,1H3. The number of carbonyl (C=O) groups is 1. The van der Waals surface area contributed by atoms with Gasteiger partial charge in [0.25, 0.3) is 0 Å². The Balaban J connectivity index is 1.63. The summed E-state index contributed by atoms with van der Waals surface area (Å²) in [6, 6.07) is 13.9. The first-order valence-electron chi connectivity index (χ1n) is 6.60. The van der Waals surface area contributed by atoms with E-state index in [4.69, 9.17) is 4.42 Å². The van der Waals surface area contributed by atoms with Crippen LogP contribution in [0, 0.1) is 6.92 Å². The van der Waals surface area contributed by atoms with Crippen molar-refractivity contribution in [1.82, 2.24) is 5.32 Å². The molecule has 1 aromatic heterocycles. The number of rotatable bonds is 7. The number of benzene rings is 1. The molecule has 100 valence electrons. The van der Waals surface area contributed by atoms with Gasteiger partial charge in [-0.05, 0) is 37.6 Å². The quantitative estimate of drug-likeness (QED) is 0.612. The Morgan fingerprint density at radius 2 is 1.89 bits per heavy atom. The summed E-state index contributed by atoms with van der Waals surface area (Å²) in [6.07, 6.45) is 1.45. The van der Waals surface area contributed by atoms with E-state index in [1.54, 1.807) is 6.07 Å². The maximum absolute atomic E-state index is 11.8. The number of hydrogen-bond acceptors (Lipinski definition) is 3. The lowest BCUT2D eigenvalue weighted by Gasteiger charge is -2.03. The molecule has 1 N–H and O–H groups in total. The Kier molecular flexibility index (Phi) is 4.93. The molecule has 0 atom stereocenters. The fourth-order valence-corrected chi connectivity index (χ4v) is 1.91. The summed E-state index contributed by atoms with van der Waals surface area (Å²) < 4.78 is 5.29. The van der Waals surface area contributed by atoms with Gasteiger partial charge >= 0.3 is 0 Å². The second kappa shape index (κ2) is 6.90. The topological polar surface area (TPSA) is 42.2 Å². The van der Waals surface area contributed by atoms with Crippen LogP contribution in [0.3, 0.4) is 0 Å². The predicted molar refractivity (Wildman–Crippen MR) is 75.4 cm³/mol. The van der Waals surface area contributed by atoms with Crippen molar-refractivity contribution in [3.63, 3.8) is 0 Å². The summed E-state index contributed by atoms with van der Waals surface area (Å²) in [4.78, 5) is 11.8. The van der Waals surface area contributed by atoms with Gasteiger partial charge in [0, 0.05) is 13.0 Å². The summed E-state index contributed by atoms with van der Waals surface area (Å²) in [6.45, 7) is 3.41. The average molecular weight is 257 g/mol. The molecule has 0 amide bonds. The molecule has 1 heterocycles. The van der Waals surface area contributed by atoms with Gasteiger partial charge < -0.3 is 9.73 Å². The summed E-state index contributed by atoms with van der Waals surface area (Å²) in [7, 11) is 0. The van der Waals surface area contributed by atoms with E-state index in [0.717, 1.165) is 18.7 Å². The van der Waals surface area contributed by atoms with Crippen molar-refractivity contribution in [1.29, 1.82) is 0 Å². The minimum atomic E-state index is 0.0558. The first-order chi connectivity index (χ1) is 9.25. The molecular weight excluding hydrogens is 238 g/mol. The zero-order chi connectivity index (χ0) is 13.5. The molecule has 0 aliphatic rings. The minimum absolute atomic E-state index is 0.0558. The van der Waals surface area contributed by atoms with Crippen LogP contribution in [0.25, 0.3) is 0 Å². The molecule has 1 aromatic carbocycles. The van der Waals surface area contributed by atoms with Gasteiger partial charge in [0.2, 0.25) is 0 Å². The van der Waals surface area contributed by atoms with Crippen LogP contribution in [-0.4, -0.2) is 18.9 Å². The number of furan rings is 1. The molecule has 0 spiro atoms. The number of aryl methyl sites for hydroxylation is 1. The smallest absolute Gasteiger partial charge is 0.199 e. The molecule has 0 saturated carbocycles. The normalized spacial score (nSPS) is 10.6. The maximum Gasteiger partial charge on any atom is 0.199 e. The summed E-state index contributed by atoms with van der Waals surface area (Å²) >= 11 is 0. The molecule has 0 fully saturated rings. The predicted octanol–water partition coefficient (Wildman–Crippen LogP) is 2.99. The molecule has 0 bridgehead atoms. The van der Waals surface area contributed by atoms with Crippen LogP contribution in [0.2, 0.25) is 0 Å². The van der Waals surface area contributed by atoms with Crippen molar-refractivity contribution in [2.45, 2.75) is 19.8 Å². The number of carbonyl (C=O) groups excluding carboxylic acids is 1. The van der Waals surface area contributed by atoms with Crippen LogP contribution in [0.4, 0.5) is 0 Å². The molecule has 0 unspecified atom stereocenters. The summed E-state index contributed by atoms with van der Waals surface area (Å²) in [5.74, 6) is 1.29. The fourth-order valence-electron chi connectivity index (χ4n) is 1.91. The van der Waals surface area contributed by atoms with Gasteiger partial charge in [-0.25, -0.2) is 0 Å². The van der Waals surface area contributed by atoms with Crippen molar-refractivity contribution in [2.24, 2.45) is 0 Å². The molecular formula is C16H19NO2. The van der Waals surface area contributed by atoms with Crippen molar-refractivity contribution in [3.8, 4) is 0 Å². The Hall–Kier alpha value is -1.87. The summed E-state index contributed by atoms with van der Waals surface area (Å²) in [5, 5.41) is 3.28. The van der Waals surface area contributed by atoms with Gasteiger partial charge in [-0.3, -0.25) is 4.79 Å². The molecule has 19 heavy (non-hydrogen) atoms. The summed E-state index contributed by atoms with van der Waals surface area (Å²) in [5.41, 5.74) is 1.31. The van der Waals surface area contributed by atoms with Gasteiger partial charge in [-0.2, -0.15) is 0 Å². The van der Waals surface area contributed by atoms with Gasteiger partial charge in [0.05, 0.1) is 0 Å². The Labute approximate surface area is 113 Å². The third-order valence-electron chi connectivity index (χ3n) is 2.98. The lowest BCUT2D eigenvalue weighted by molar-refractivity contribution is 0.0954. The van der Waals surface area contributed by atoms with Gasteiger partial charge in [-0.15, -0.1) is 0 Å². The molecule has 2 aromatic rings. The highest BCUT2D eigenvalue weighted by atomic mass is 16.3.